The maximum absolute atomic E-state index is 2.39. The van der Waals surface area contributed by atoms with Gasteiger partial charge >= 0.3 is 0 Å². The van der Waals surface area contributed by atoms with Crippen molar-refractivity contribution in [2.75, 3.05) is 4.90 Å². The monoisotopic (exact) mass is 839 g/mol. The van der Waals surface area contributed by atoms with Gasteiger partial charge in [-0.1, -0.05) is 182 Å². The molecule has 0 bridgehead atoms. The summed E-state index contributed by atoms with van der Waals surface area (Å²) in [5.74, 6) is 0.365. The van der Waals surface area contributed by atoms with Crippen LogP contribution in [0.2, 0.25) is 0 Å². The predicted molar refractivity (Wildman–Crippen MR) is 274 cm³/mol. The average Bonchev–Trinajstić information content (AvgIpc) is 3.94. The zero-order chi connectivity index (χ0) is 41.7. The van der Waals surface area contributed by atoms with Crippen LogP contribution in [0.25, 0.3) is 84.9 Å². The van der Waals surface area contributed by atoms with Crippen LogP contribution in [0.5, 0.6) is 0 Å². The van der Waals surface area contributed by atoms with Crippen LogP contribution in [0.1, 0.15) is 17.9 Å². The second-order valence-electron chi connectivity index (χ2n) is 16.4. The Morgan fingerprint density at radius 1 is 0.365 bits per heavy atom. The van der Waals surface area contributed by atoms with Gasteiger partial charge in [0.25, 0.3) is 0 Å². The van der Waals surface area contributed by atoms with E-state index in [0.717, 1.165) is 23.5 Å². The van der Waals surface area contributed by atoms with Crippen molar-refractivity contribution in [2.45, 2.75) is 12.3 Å². The molecule has 1 unspecified atom stereocenters. The van der Waals surface area contributed by atoms with Crippen LogP contribution in [0.4, 0.5) is 17.1 Å². The maximum Gasteiger partial charge on any atom is 0.0464 e. The minimum absolute atomic E-state index is 0.365. The molecule has 1 atom stereocenters. The highest BCUT2D eigenvalue weighted by molar-refractivity contribution is 7.26. The van der Waals surface area contributed by atoms with E-state index >= 15 is 0 Å². The molecule has 0 spiro atoms. The van der Waals surface area contributed by atoms with Crippen LogP contribution < -0.4 is 4.90 Å². The van der Waals surface area contributed by atoms with Gasteiger partial charge in [0.2, 0.25) is 0 Å². The Kier molecular flexibility index (Phi) is 9.44. The lowest BCUT2D eigenvalue weighted by molar-refractivity contribution is 0.853. The quantitative estimate of drug-likeness (QED) is 0.147. The molecule has 11 aromatic rings. The largest absolute Gasteiger partial charge is 0.310 e. The normalized spacial score (nSPS) is 13.7. The third-order valence-electron chi connectivity index (χ3n) is 12.7. The van der Waals surface area contributed by atoms with Crippen molar-refractivity contribution in [1.82, 2.24) is 0 Å². The zero-order valence-electron chi connectivity index (χ0n) is 34.5. The standard InChI is InChI=1S/C60H41NS2/c1-2-11-40(12-3-1)47-13-8-14-50(39-47)61(48-35-31-43(32-36-48)41-23-27-45(28-24-41)51-17-9-19-55-53-15-4-6-21-57(53)62-59(51)55)49-37-33-44(34-38-49)42-25-29-46(30-26-42)52-18-10-20-56-54-16-5-7-22-58(54)63-60(52)56/h1-11,13-40H,12H2. The predicted octanol–water partition coefficient (Wildman–Crippen LogP) is 18.2. The minimum atomic E-state index is 0.365. The van der Waals surface area contributed by atoms with Crippen molar-refractivity contribution in [3.63, 3.8) is 0 Å². The molecule has 3 heteroatoms. The Balaban J connectivity index is 0.852. The van der Waals surface area contributed by atoms with E-state index in [1.807, 2.05) is 22.7 Å². The Labute approximate surface area is 375 Å². The summed E-state index contributed by atoms with van der Waals surface area (Å²) in [4.78, 5) is 2.39. The van der Waals surface area contributed by atoms with E-state index < -0.39 is 0 Å². The number of thiophene rings is 2. The van der Waals surface area contributed by atoms with Crippen LogP contribution in [0.15, 0.2) is 231 Å². The lowest BCUT2D eigenvalue weighted by Gasteiger charge is -2.27. The highest BCUT2D eigenvalue weighted by Gasteiger charge is 2.17. The Morgan fingerprint density at radius 2 is 0.810 bits per heavy atom. The second kappa shape index (κ2) is 15.9. The van der Waals surface area contributed by atoms with Gasteiger partial charge in [-0.2, -0.15) is 0 Å². The molecule has 2 aromatic heterocycles. The van der Waals surface area contributed by atoms with Gasteiger partial charge in [0.1, 0.15) is 0 Å². The second-order valence-corrected chi connectivity index (χ2v) is 18.5. The number of anilines is 3. The van der Waals surface area contributed by atoms with Gasteiger partial charge in [0.05, 0.1) is 0 Å². The van der Waals surface area contributed by atoms with Crippen LogP contribution >= 0.6 is 22.7 Å². The van der Waals surface area contributed by atoms with Crippen molar-refractivity contribution in [3.05, 3.63) is 236 Å². The van der Waals surface area contributed by atoms with Crippen LogP contribution in [0.3, 0.4) is 0 Å². The van der Waals surface area contributed by atoms with Gasteiger partial charge in [-0.15, -0.1) is 22.7 Å². The van der Waals surface area contributed by atoms with Gasteiger partial charge in [-0.05, 0) is 105 Å². The number of nitrogens with zero attached hydrogens (tertiary/aromatic N) is 1. The minimum Gasteiger partial charge on any atom is -0.310 e. The summed E-state index contributed by atoms with van der Waals surface area (Å²) >= 11 is 3.76. The molecule has 9 aromatic carbocycles. The summed E-state index contributed by atoms with van der Waals surface area (Å²) in [6.07, 6.45) is 9.91. The molecule has 1 nitrogen and oxygen atoms in total. The molecule has 0 radical (unpaired) electrons. The first-order valence-electron chi connectivity index (χ1n) is 21.7. The summed E-state index contributed by atoms with van der Waals surface area (Å²) in [6.45, 7) is 0. The van der Waals surface area contributed by atoms with E-state index in [9.17, 15) is 0 Å². The fraction of sp³-hybridized carbons (Fsp3) is 0.0333. The SMILES string of the molecule is C1=CCC(c2cccc(N(c3ccc(-c4ccc(-c5cccc6c5sc5ccccc56)cc4)cc3)c3ccc(-c4ccc(-c5cccc6c5sc5ccccc56)cc4)cc3)c2)C=C1. The number of allylic oxidation sites excluding steroid dienone is 4. The summed E-state index contributed by atoms with van der Waals surface area (Å²) in [5.41, 5.74) is 14.6. The Bertz CT molecular complexity index is 3310. The number of rotatable bonds is 8. The molecule has 298 valence electrons. The molecule has 63 heavy (non-hydrogen) atoms. The molecule has 0 saturated carbocycles. The molecule has 12 rings (SSSR count). The Morgan fingerprint density at radius 3 is 1.30 bits per heavy atom. The van der Waals surface area contributed by atoms with E-state index in [-0.39, 0.29) is 0 Å². The highest BCUT2D eigenvalue weighted by Crippen LogP contribution is 2.43. The van der Waals surface area contributed by atoms with Gasteiger partial charge in [0.15, 0.2) is 0 Å². The fourth-order valence-corrected chi connectivity index (χ4v) is 11.9. The summed E-state index contributed by atoms with van der Waals surface area (Å²) in [6, 6.07) is 76.1. The molecule has 0 fully saturated rings. The lowest BCUT2D eigenvalue weighted by atomic mass is 9.92. The number of benzene rings is 9. The van der Waals surface area contributed by atoms with E-state index in [2.05, 4.69) is 235 Å². The average molecular weight is 840 g/mol. The highest BCUT2D eigenvalue weighted by atomic mass is 32.1. The summed E-state index contributed by atoms with van der Waals surface area (Å²) < 4.78 is 5.36. The van der Waals surface area contributed by atoms with Crippen LogP contribution in [-0.2, 0) is 0 Å². The molecule has 1 aliphatic carbocycles. The van der Waals surface area contributed by atoms with Gasteiger partial charge in [0, 0.05) is 63.3 Å². The molecule has 0 aliphatic heterocycles. The van der Waals surface area contributed by atoms with Gasteiger partial charge in [-0.25, -0.2) is 0 Å². The third-order valence-corrected chi connectivity index (χ3v) is 15.1. The first-order chi connectivity index (χ1) is 31.2. The number of hydrogen-bond acceptors (Lipinski definition) is 3. The first-order valence-corrected chi connectivity index (χ1v) is 23.3. The molecule has 1 aliphatic rings. The van der Waals surface area contributed by atoms with E-state index in [0.29, 0.717) is 5.92 Å². The van der Waals surface area contributed by atoms with Crippen molar-refractivity contribution < 1.29 is 0 Å². The molecular weight excluding hydrogens is 799 g/mol. The Hall–Kier alpha value is -7.30. The van der Waals surface area contributed by atoms with Gasteiger partial charge < -0.3 is 4.90 Å². The topological polar surface area (TPSA) is 3.24 Å². The van der Waals surface area contributed by atoms with Crippen LogP contribution in [0, 0.1) is 0 Å². The lowest BCUT2D eigenvalue weighted by Crippen LogP contribution is -2.10. The first kappa shape index (κ1) is 37.5. The van der Waals surface area contributed by atoms with Crippen molar-refractivity contribution in [3.8, 4) is 44.5 Å². The maximum atomic E-state index is 2.39. The molecule has 2 heterocycles. The smallest absolute Gasteiger partial charge is 0.0464 e. The number of fused-ring (bicyclic) bond motifs is 6. The van der Waals surface area contributed by atoms with E-state index in [1.54, 1.807) is 0 Å². The third kappa shape index (κ3) is 6.87. The zero-order valence-corrected chi connectivity index (χ0v) is 36.1. The number of hydrogen-bond donors (Lipinski definition) is 0. The van der Waals surface area contributed by atoms with Gasteiger partial charge in [-0.3, -0.25) is 0 Å². The molecule has 0 amide bonds. The summed E-state index contributed by atoms with van der Waals surface area (Å²) in [7, 11) is 0. The summed E-state index contributed by atoms with van der Waals surface area (Å²) in [5, 5.41) is 5.32. The van der Waals surface area contributed by atoms with E-state index in [4.69, 9.17) is 0 Å². The van der Waals surface area contributed by atoms with Crippen molar-refractivity contribution in [1.29, 1.82) is 0 Å². The molecule has 0 N–H and O–H groups in total. The molecular formula is C60H41NS2. The van der Waals surface area contributed by atoms with Crippen molar-refractivity contribution in [2.24, 2.45) is 0 Å². The van der Waals surface area contributed by atoms with Crippen LogP contribution in [-0.4, -0.2) is 0 Å². The fourth-order valence-electron chi connectivity index (χ4n) is 9.41. The van der Waals surface area contributed by atoms with Crippen molar-refractivity contribution >= 4 is 80.1 Å². The van der Waals surface area contributed by atoms with E-state index in [1.165, 1.54) is 90.4 Å². The molecule has 0 saturated heterocycles.